The van der Waals surface area contributed by atoms with Gasteiger partial charge in [0, 0.05) is 51.2 Å². The predicted octanol–water partition coefficient (Wildman–Crippen LogP) is 1.41. The quantitative estimate of drug-likeness (QED) is 0.854. The van der Waals surface area contributed by atoms with E-state index in [9.17, 15) is 0 Å². The number of aryl methyl sites for hydroxylation is 3. The van der Waals surface area contributed by atoms with Crippen molar-refractivity contribution in [2.75, 3.05) is 36.0 Å². The van der Waals surface area contributed by atoms with E-state index in [1.165, 1.54) is 5.69 Å². The lowest BCUT2D eigenvalue weighted by atomic mass is 10.2. The van der Waals surface area contributed by atoms with Gasteiger partial charge in [0.25, 0.3) is 0 Å². The standard InChI is InChI=1S/C15H22N6/c1-4-13-9-15(18-12(2)17-13)21-7-5-20(6-8-21)14-10-16-19(3)11-14/h9-11H,4-8H2,1-3H3. The summed E-state index contributed by atoms with van der Waals surface area (Å²) in [6.07, 6.45) is 4.95. The maximum atomic E-state index is 4.59. The molecule has 21 heavy (non-hydrogen) atoms. The zero-order valence-corrected chi connectivity index (χ0v) is 13.0. The summed E-state index contributed by atoms with van der Waals surface area (Å²) in [4.78, 5) is 13.8. The van der Waals surface area contributed by atoms with Crippen LogP contribution in [0.3, 0.4) is 0 Å². The Balaban J connectivity index is 1.69. The van der Waals surface area contributed by atoms with Gasteiger partial charge in [-0.1, -0.05) is 6.92 Å². The van der Waals surface area contributed by atoms with Crippen LogP contribution < -0.4 is 9.80 Å². The van der Waals surface area contributed by atoms with Gasteiger partial charge >= 0.3 is 0 Å². The van der Waals surface area contributed by atoms with E-state index in [-0.39, 0.29) is 0 Å². The van der Waals surface area contributed by atoms with Crippen molar-refractivity contribution >= 4 is 11.5 Å². The fourth-order valence-corrected chi connectivity index (χ4v) is 2.72. The summed E-state index contributed by atoms with van der Waals surface area (Å²) < 4.78 is 1.85. The summed E-state index contributed by atoms with van der Waals surface area (Å²) in [5.74, 6) is 1.92. The van der Waals surface area contributed by atoms with E-state index in [0.717, 1.165) is 49.9 Å². The Bertz CT molecular complexity index is 612. The molecule has 1 aliphatic rings. The molecule has 1 fully saturated rings. The molecule has 0 amide bonds. The Hall–Kier alpha value is -2.11. The summed E-state index contributed by atoms with van der Waals surface area (Å²) in [6, 6.07) is 2.12. The highest BCUT2D eigenvalue weighted by Crippen LogP contribution is 2.19. The number of hydrogen-bond acceptors (Lipinski definition) is 5. The van der Waals surface area contributed by atoms with Gasteiger partial charge < -0.3 is 9.80 Å². The molecule has 2 aromatic rings. The van der Waals surface area contributed by atoms with E-state index in [0.29, 0.717) is 0 Å². The third-order valence-electron chi connectivity index (χ3n) is 3.90. The van der Waals surface area contributed by atoms with Gasteiger partial charge in [-0.3, -0.25) is 4.68 Å². The first-order valence-corrected chi connectivity index (χ1v) is 7.49. The van der Waals surface area contributed by atoms with Gasteiger partial charge in [-0.2, -0.15) is 5.10 Å². The second kappa shape index (κ2) is 5.71. The molecule has 2 aromatic heterocycles. The molecule has 1 aliphatic heterocycles. The fraction of sp³-hybridized carbons (Fsp3) is 0.533. The minimum absolute atomic E-state index is 0.860. The molecular weight excluding hydrogens is 264 g/mol. The first-order chi connectivity index (χ1) is 10.2. The van der Waals surface area contributed by atoms with Crippen molar-refractivity contribution in [3.05, 3.63) is 30.0 Å². The van der Waals surface area contributed by atoms with Gasteiger partial charge in [-0.25, -0.2) is 9.97 Å². The molecule has 112 valence electrons. The number of piperazine rings is 1. The van der Waals surface area contributed by atoms with Gasteiger partial charge in [0.05, 0.1) is 11.9 Å². The Morgan fingerprint density at radius 2 is 1.81 bits per heavy atom. The molecule has 6 nitrogen and oxygen atoms in total. The molecule has 0 N–H and O–H groups in total. The van der Waals surface area contributed by atoms with Gasteiger partial charge in [-0.15, -0.1) is 0 Å². The SMILES string of the molecule is CCc1cc(N2CCN(c3cnn(C)c3)CC2)nc(C)n1. The molecule has 0 atom stereocenters. The highest BCUT2D eigenvalue weighted by atomic mass is 15.3. The molecule has 0 saturated carbocycles. The minimum atomic E-state index is 0.860. The highest BCUT2D eigenvalue weighted by molar-refractivity contribution is 5.47. The average molecular weight is 286 g/mol. The van der Waals surface area contributed by atoms with Crippen molar-refractivity contribution in [1.82, 2.24) is 19.7 Å². The zero-order valence-electron chi connectivity index (χ0n) is 13.0. The minimum Gasteiger partial charge on any atom is -0.365 e. The summed E-state index contributed by atoms with van der Waals surface area (Å²) in [5, 5.41) is 4.24. The van der Waals surface area contributed by atoms with Crippen LogP contribution in [0.15, 0.2) is 18.5 Å². The van der Waals surface area contributed by atoms with Gasteiger partial charge in [0.1, 0.15) is 11.6 Å². The Labute approximate surface area is 125 Å². The van der Waals surface area contributed by atoms with Crippen molar-refractivity contribution < 1.29 is 0 Å². The second-order valence-electron chi connectivity index (χ2n) is 5.46. The molecular formula is C15H22N6. The van der Waals surface area contributed by atoms with E-state index in [1.807, 2.05) is 24.9 Å². The van der Waals surface area contributed by atoms with E-state index >= 15 is 0 Å². The van der Waals surface area contributed by atoms with Crippen molar-refractivity contribution in [3.8, 4) is 0 Å². The van der Waals surface area contributed by atoms with Crippen molar-refractivity contribution in [3.63, 3.8) is 0 Å². The van der Waals surface area contributed by atoms with Crippen molar-refractivity contribution in [2.45, 2.75) is 20.3 Å². The molecule has 0 aromatic carbocycles. The van der Waals surface area contributed by atoms with Crippen LogP contribution in [0, 0.1) is 6.92 Å². The first kappa shape index (κ1) is 13.9. The fourth-order valence-electron chi connectivity index (χ4n) is 2.72. The Morgan fingerprint density at radius 1 is 1.10 bits per heavy atom. The summed E-state index contributed by atoms with van der Waals surface area (Å²) in [7, 11) is 1.95. The molecule has 0 bridgehead atoms. The number of hydrogen-bond donors (Lipinski definition) is 0. The number of nitrogens with zero attached hydrogens (tertiary/aromatic N) is 6. The van der Waals surface area contributed by atoms with Gasteiger partial charge in [0.15, 0.2) is 0 Å². The molecule has 1 saturated heterocycles. The lowest BCUT2D eigenvalue weighted by Crippen LogP contribution is -2.46. The van der Waals surface area contributed by atoms with Crippen LogP contribution >= 0.6 is 0 Å². The summed E-state index contributed by atoms with van der Waals surface area (Å²) in [6.45, 7) is 8.05. The third kappa shape index (κ3) is 2.99. The molecule has 0 unspecified atom stereocenters. The summed E-state index contributed by atoms with van der Waals surface area (Å²) >= 11 is 0. The largest absolute Gasteiger partial charge is 0.365 e. The van der Waals surface area contributed by atoms with E-state index in [1.54, 1.807) is 0 Å². The van der Waals surface area contributed by atoms with E-state index in [2.05, 4.69) is 44.1 Å². The van der Waals surface area contributed by atoms with Crippen LogP contribution in [-0.2, 0) is 13.5 Å². The third-order valence-corrected chi connectivity index (χ3v) is 3.90. The van der Waals surface area contributed by atoms with Crippen molar-refractivity contribution in [1.29, 1.82) is 0 Å². The molecule has 0 radical (unpaired) electrons. The molecule has 0 spiro atoms. The lowest BCUT2D eigenvalue weighted by Gasteiger charge is -2.36. The molecule has 3 heterocycles. The van der Waals surface area contributed by atoms with Crippen LogP contribution in [0.25, 0.3) is 0 Å². The number of aromatic nitrogens is 4. The molecule has 3 rings (SSSR count). The predicted molar refractivity (Wildman–Crippen MR) is 83.8 cm³/mol. The number of anilines is 2. The van der Waals surface area contributed by atoms with Crippen LogP contribution in [-0.4, -0.2) is 45.9 Å². The van der Waals surface area contributed by atoms with Gasteiger partial charge in [-0.05, 0) is 13.3 Å². The molecule has 0 aliphatic carbocycles. The molecule has 6 heteroatoms. The number of rotatable bonds is 3. The van der Waals surface area contributed by atoms with Crippen LogP contribution in [0.1, 0.15) is 18.4 Å². The Morgan fingerprint density at radius 3 is 2.43 bits per heavy atom. The van der Waals surface area contributed by atoms with Gasteiger partial charge in [0.2, 0.25) is 0 Å². The maximum absolute atomic E-state index is 4.59. The normalized spacial score (nSPS) is 15.6. The highest BCUT2D eigenvalue weighted by Gasteiger charge is 2.19. The first-order valence-electron chi connectivity index (χ1n) is 7.49. The van der Waals surface area contributed by atoms with Crippen LogP contribution in [0.5, 0.6) is 0 Å². The van der Waals surface area contributed by atoms with Crippen molar-refractivity contribution in [2.24, 2.45) is 7.05 Å². The average Bonchev–Trinajstić information content (AvgIpc) is 2.93. The van der Waals surface area contributed by atoms with Crippen LogP contribution in [0.2, 0.25) is 0 Å². The second-order valence-corrected chi connectivity index (χ2v) is 5.46. The zero-order chi connectivity index (χ0) is 14.8. The van der Waals surface area contributed by atoms with E-state index in [4.69, 9.17) is 0 Å². The van der Waals surface area contributed by atoms with E-state index < -0.39 is 0 Å². The smallest absolute Gasteiger partial charge is 0.132 e. The Kier molecular flexibility index (Phi) is 3.77. The lowest BCUT2D eigenvalue weighted by molar-refractivity contribution is 0.644. The monoisotopic (exact) mass is 286 g/mol. The summed E-state index contributed by atoms with van der Waals surface area (Å²) in [5.41, 5.74) is 2.32. The van der Waals surface area contributed by atoms with Crippen LogP contribution in [0.4, 0.5) is 11.5 Å². The maximum Gasteiger partial charge on any atom is 0.132 e. The topological polar surface area (TPSA) is 50.1 Å².